The zero-order valence-corrected chi connectivity index (χ0v) is 12.6. The maximum Gasteiger partial charge on any atom is 0.325 e. The van der Waals surface area contributed by atoms with Gasteiger partial charge in [0.1, 0.15) is 5.54 Å². The first kappa shape index (κ1) is 14.5. The highest BCUT2D eigenvalue weighted by Gasteiger charge is 2.49. The van der Waals surface area contributed by atoms with Crippen LogP contribution in [0, 0.1) is 0 Å². The lowest BCUT2D eigenvalue weighted by Gasteiger charge is -2.24. The van der Waals surface area contributed by atoms with Crippen LogP contribution in [-0.4, -0.2) is 37.1 Å². The first-order valence-corrected chi connectivity index (χ1v) is 7.19. The Bertz CT molecular complexity index is 738. The van der Waals surface area contributed by atoms with Crippen LogP contribution in [0.3, 0.4) is 0 Å². The van der Waals surface area contributed by atoms with E-state index in [-0.39, 0.29) is 18.5 Å². The van der Waals surface area contributed by atoms with Crippen molar-refractivity contribution in [2.24, 2.45) is 0 Å². The van der Waals surface area contributed by atoms with Crippen LogP contribution in [0.4, 0.5) is 4.79 Å². The minimum atomic E-state index is -1.05. The summed E-state index contributed by atoms with van der Waals surface area (Å²) >= 11 is 0. The van der Waals surface area contributed by atoms with E-state index < -0.39 is 5.54 Å². The van der Waals surface area contributed by atoms with Crippen molar-refractivity contribution in [1.82, 2.24) is 10.2 Å². The first-order chi connectivity index (χ1) is 10.6. The molecule has 0 aromatic heterocycles. The summed E-state index contributed by atoms with van der Waals surface area (Å²) in [6.45, 7) is 2.33. The molecule has 0 saturated carbocycles. The molecule has 1 saturated heterocycles. The second kappa shape index (κ2) is 5.42. The number of carbonyl (C=O) groups is 2. The van der Waals surface area contributed by atoms with E-state index in [2.05, 4.69) is 5.32 Å². The van der Waals surface area contributed by atoms with Crippen molar-refractivity contribution in [3.63, 3.8) is 0 Å². The summed E-state index contributed by atoms with van der Waals surface area (Å²) in [7, 11) is 1.54. The van der Waals surface area contributed by atoms with Gasteiger partial charge in [0.15, 0.2) is 0 Å². The third-order valence-corrected chi connectivity index (χ3v) is 4.12. The molecule has 5 heteroatoms. The van der Waals surface area contributed by atoms with Crippen molar-refractivity contribution in [1.29, 1.82) is 0 Å². The average molecular weight is 298 g/mol. The van der Waals surface area contributed by atoms with E-state index in [1.165, 1.54) is 4.90 Å². The highest BCUT2D eigenvalue weighted by atomic mass is 16.5. The number of hydrogen-bond donors (Lipinski definition) is 1. The summed E-state index contributed by atoms with van der Waals surface area (Å²) < 4.78 is 4.97. The molecule has 1 N–H and O–H groups in total. The standard InChI is InChI=1S/C17H18N2O3/c1-17(15(20)19(10-11-22-2)16(21)18-17)14-9-5-7-12-6-3-4-8-13(12)14/h3-9H,10-11H2,1-2H3,(H,18,21)/t17-/m0/s1. The van der Waals surface area contributed by atoms with Gasteiger partial charge in [0, 0.05) is 7.11 Å². The minimum Gasteiger partial charge on any atom is -0.383 e. The van der Waals surface area contributed by atoms with Gasteiger partial charge in [-0.15, -0.1) is 0 Å². The quantitative estimate of drug-likeness (QED) is 0.881. The molecule has 1 fully saturated rings. The number of rotatable bonds is 4. The van der Waals surface area contributed by atoms with E-state index in [0.29, 0.717) is 6.61 Å². The Hall–Kier alpha value is -2.40. The molecule has 0 radical (unpaired) electrons. The maximum absolute atomic E-state index is 12.8. The van der Waals surface area contributed by atoms with E-state index in [0.717, 1.165) is 16.3 Å². The van der Waals surface area contributed by atoms with Crippen LogP contribution in [0.5, 0.6) is 0 Å². The van der Waals surface area contributed by atoms with E-state index in [4.69, 9.17) is 4.74 Å². The van der Waals surface area contributed by atoms with E-state index >= 15 is 0 Å². The second-order valence-corrected chi connectivity index (χ2v) is 5.53. The summed E-state index contributed by atoms with van der Waals surface area (Å²) in [5.74, 6) is -0.245. The number of fused-ring (bicyclic) bond motifs is 1. The first-order valence-electron chi connectivity index (χ1n) is 7.19. The number of nitrogens with one attached hydrogen (secondary N) is 1. The number of hydrogen-bond acceptors (Lipinski definition) is 3. The smallest absolute Gasteiger partial charge is 0.325 e. The Morgan fingerprint density at radius 2 is 1.86 bits per heavy atom. The predicted octanol–water partition coefficient (Wildman–Crippen LogP) is 2.25. The van der Waals surface area contributed by atoms with Gasteiger partial charge in [-0.25, -0.2) is 4.79 Å². The molecule has 0 bridgehead atoms. The molecule has 2 aromatic carbocycles. The van der Waals surface area contributed by atoms with Crippen LogP contribution in [0.2, 0.25) is 0 Å². The molecule has 5 nitrogen and oxygen atoms in total. The number of imide groups is 1. The predicted molar refractivity (Wildman–Crippen MR) is 83.4 cm³/mol. The second-order valence-electron chi connectivity index (χ2n) is 5.53. The molecule has 0 spiro atoms. The van der Waals surface area contributed by atoms with Crippen molar-refractivity contribution < 1.29 is 14.3 Å². The summed E-state index contributed by atoms with van der Waals surface area (Å²) in [5.41, 5.74) is -0.241. The Morgan fingerprint density at radius 3 is 2.64 bits per heavy atom. The number of benzene rings is 2. The normalized spacial score (nSPS) is 21.5. The van der Waals surface area contributed by atoms with Crippen LogP contribution in [0.1, 0.15) is 12.5 Å². The van der Waals surface area contributed by atoms with E-state index in [1.807, 2.05) is 42.5 Å². The number of nitrogens with zero attached hydrogens (tertiary/aromatic N) is 1. The van der Waals surface area contributed by atoms with Gasteiger partial charge >= 0.3 is 6.03 Å². The van der Waals surface area contributed by atoms with Gasteiger partial charge in [0.25, 0.3) is 5.91 Å². The molecule has 1 aliphatic heterocycles. The number of amides is 3. The zero-order chi connectivity index (χ0) is 15.7. The summed E-state index contributed by atoms with van der Waals surface area (Å²) in [4.78, 5) is 26.1. The largest absolute Gasteiger partial charge is 0.383 e. The Balaban J connectivity index is 2.06. The fourth-order valence-electron chi connectivity index (χ4n) is 2.93. The summed E-state index contributed by atoms with van der Waals surface area (Å²) in [6.07, 6.45) is 0. The van der Waals surface area contributed by atoms with E-state index in [9.17, 15) is 9.59 Å². The molecule has 1 heterocycles. The molecule has 3 rings (SSSR count). The number of urea groups is 1. The third kappa shape index (κ3) is 2.14. The van der Waals surface area contributed by atoms with Crippen molar-refractivity contribution in [3.8, 4) is 0 Å². The van der Waals surface area contributed by atoms with E-state index in [1.54, 1.807) is 14.0 Å². The van der Waals surface area contributed by atoms with Crippen molar-refractivity contribution >= 4 is 22.7 Å². The lowest BCUT2D eigenvalue weighted by atomic mass is 9.88. The minimum absolute atomic E-state index is 0.245. The van der Waals surface area contributed by atoms with Crippen molar-refractivity contribution in [3.05, 3.63) is 48.0 Å². The summed E-state index contributed by atoms with van der Waals surface area (Å²) in [6, 6.07) is 13.2. The molecule has 22 heavy (non-hydrogen) atoms. The van der Waals surface area contributed by atoms with Crippen LogP contribution < -0.4 is 5.32 Å². The molecule has 3 amide bonds. The average Bonchev–Trinajstić information content (AvgIpc) is 2.75. The van der Waals surface area contributed by atoms with Gasteiger partial charge in [-0.05, 0) is 23.3 Å². The van der Waals surface area contributed by atoms with Crippen LogP contribution in [-0.2, 0) is 15.1 Å². The van der Waals surface area contributed by atoms with Gasteiger partial charge < -0.3 is 10.1 Å². The molecular weight excluding hydrogens is 280 g/mol. The fraction of sp³-hybridized carbons (Fsp3) is 0.294. The van der Waals surface area contributed by atoms with Gasteiger partial charge in [-0.3, -0.25) is 9.69 Å². The SMILES string of the molecule is COCCN1C(=O)N[C@@](C)(c2cccc3ccccc23)C1=O. The van der Waals surface area contributed by atoms with Gasteiger partial charge in [0.05, 0.1) is 13.2 Å². The highest BCUT2D eigenvalue weighted by Crippen LogP contribution is 2.33. The third-order valence-electron chi connectivity index (χ3n) is 4.12. The van der Waals surface area contributed by atoms with Crippen LogP contribution in [0.15, 0.2) is 42.5 Å². The molecule has 1 atom stereocenters. The number of carbonyl (C=O) groups excluding carboxylic acids is 2. The van der Waals surface area contributed by atoms with Gasteiger partial charge in [0.2, 0.25) is 0 Å². The zero-order valence-electron chi connectivity index (χ0n) is 12.6. The highest BCUT2D eigenvalue weighted by molar-refractivity contribution is 6.09. The molecule has 1 aliphatic rings. The summed E-state index contributed by atoms with van der Waals surface area (Å²) in [5, 5.41) is 4.84. The van der Waals surface area contributed by atoms with Crippen LogP contribution >= 0.6 is 0 Å². The molecule has 0 aliphatic carbocycles. The monoisotopic (exact) mass is 298 g/mol. The number of ether oxygens (including phenoxy) is 1. The van der Waals surface area contributed by atoms with Gasteiger partial charge in [-0.2, -0.15) is 0 Å². The topological polar surface area (TPSA) is 58.6 Å². The fourth-order valence-corrected chi connectivity index (χ4v) is 2.93. The lowest BCUT2D eigenvalue weighted by molar-refractivity contribution is -0.131. The van der Waals surface area contributed by atoms with Gasteiger partial charge in [-0.1, -0.05) is 42.5 Å². The van der Waals surface area contributed by atoms with Crippen molar-refractivity contribution in [2.75, 3.05) is 20.3 Å². The lowest BCUT2D eigenvalue weighted by Crippen LogP contribution is -2.41. The molecule has 114 valence electrons. The Labute approximate surface area is 128 Å². The molecular formula is C17H18N2O3. The maximum atomic E-state index is 12.8. The van der Waals surface area contributed by atoms with Crippen LogP contribution in [0.25, 0.3) is 10.8 Å². The Morgan fingerprint density at radius 1 is 1.14 bits per heavy atom. The van der Waals surface area contributed by atoms with Crippen molar-refractivity contribution in [2.45, 2.75) is 12.5 Å². The molecule has 2 aromatic rings. The Kier molecular flexibility index (Phi) is 3.58. The molecule has 0 unspecified atom stereocenters. The number of methoxy groups -OCH3 is 1.